The fraction of sp³-hybridized carbons (Fsp3) is 0.417. The lowest BCUT2D eigenvalue weighted by atomic mass is 10.1. The Labute approximate surface area is 118 Å². The number of hydrogen-bond acceptors (Lipinski definition) is 4. The maximum Gasteiger partial charge on any atom is 0.209 e. The van der Waals surface area contributed by atoms with Crippen LogP contribution in [0.3, 0.4) is 0 Å². The first-order valence-electron chi connectivity index (χ1n) is 5.56. The number of halogens is 1. The highest BCUT2D eigenvalue weighted by Crippen LogP contribution is 2.25. The number of benzene rings is 1. The smallest absolute Gasteiger partial charge is 0.209 e. The molecule has 0 aliphatic carbocycles. The predicted molar refractivity (Wildman–Crippen MR) is 76.7 cm³/mol. The Morgan fingerprint density at radius 2 is 2.05 bits per heavy atom. The van der Waals surface area contributed by atoms with Gasteiger partial charge in [0.15, 0.2) is 0 Å². The molecule has 0 radical (unpaired) electrons. The molecule has 0 unspecified atom stereocenters. The molecule has 1 aromatic rings. The monoisotopic (exact) mass is 301 g/mol. The van der Waals surface area contributed by atoms with Crippen molar-refractivity contribution in [3.63, 3.8) is 0 Å². The number of anilines is 1. The quantitative estimate of drug-likeness (QED) is 0.871. The first-order chi connectivity index (χ1) is 8.64. The summed E-state index contributed by atoms with van der Waals surface area (Å²) in [5.74, 6) is 0. The Hall–Kier alpha value is -1.29. The molecule has 1 aromatic carbocycles. The number of nitriles is 1. The minimum atomic E-state index is -3.30. The van der Waals surface area contributed by atoms with E-state index >= 15 is 0 Å². The summed E-state index contributed by atoms with van der Waals surface area (Å²) in [5, 5.41) is 12.4. The van der Waals surface area contributed by atoms with Gasteiger partial charge in [-0.25, -0.2) is 13.1 Å². The van der Waals surface area contributed by atoms with Gasteiger partial charge >= 0.3 is 0 Å². The molecule has 1 rings (SSSR count). The van der Waals surface area contributed by atoms with E-state index in [1.165, 1.54) is 0 Å². The summed E-state index contributed by atoms with van der Waals surface area (Å²) in [6.07, 6.45) is 1.10. The fourth-order valence-corrected chi connectivity index (χ4v) is 2.96. The maximum absolute atomic E-state index is 11.2. The van der Waals surface area contributed by atoms with Crippen molar-refractivity contribution in [1.82, 2.24) is 4.72 Å². The Bertz CT molecular complexity index is 606. The number of nitrogens with zero attached hydrogens (tertiary/aromatic N) is 1. The second kappa shape index (κ2) is 5.78. The molecule has 0 aliphatic rings. The van der Waals surface area contributed by atoms with Gasteiger partial charge in [-0.15, -0.1) is 0 Å². The highest BCUT2D eigenvalue weighted by atomic mass is 35.5. The van der Waals surface area contributed by atoms with Crippen LogP contribution in [0, 0.1) is 11.3 Å². The summed E-state index contributed by atoms with van der Waals surface area (Å²) >= 11 is 6.02. The van der Waals surface area contributed by atoms with Gasteiger partial charge in [-0.05, 0) is 26.0 Å². The van der Waals surface area contributed by atoms with E-state index in [1.54, 1.807) is 32.0 Å². The van der Waals surface area contributed by atoms with Crippen LogP contribution in [0.2, 0.25) is 5.02 Å². The van der Waals surface area contributed by atoms with Crippen molar-refractivity contribution in [1.29, 1.82) is 5.26 Å². The van der Waals surface area contributed by atoms with E-state index in [4.69, 9.17) is 16.9 Å². The lowest BCUT2D eigenvalue weighted by molar-refractivity contribution is 0.476. The third kappa shape index (κ3) is 5.07. The lowest BCUT2D eigenvalue weighted by Gasteiger charge is -2.26. The van der Waals surface area contributed by atoms with Gasteiger partial charge in [-0.1, -0.05) is 17.7 Å². The van der Waals surface area contributed by atoms with Crippen molar-refractivity contribution in [3.8, 4) is 6.07 Å². The molecule has 5 nitrogen and oxygen atoms in total. The zero-order chi connectivity index (χ0) is 14.7. The summed E-state index contributed by atoms with van der Waals surface area (Å²) < 4.78 is 25.0. The number of para-hydroxylation sites is 1. The van der Waals surface area contributed by atoms with Crippen molar-refractivity contribution >= 4 is 27.3 Å². The normalized spacial score (nSPS) is 11.9. The van der Waals surface area contributed by atoms with Crippen LogP contribution in [0.1, 0.15) is 19.4 Å². The van der Waals surface area contributed by atoms with Gasteiger partial charge in [0.25, 0.3) is 0 Å². The molecule has 2 N–H and O–H groups in total. The molecule has 0 aliphatic heterocycles. The highest BCUT2D eigenvalue weighted by Gasteiger charge is 2.22. The van der Waals surface area contributed by atoms with Gasteiger partial charge in [-0.2, -0.15) is 5.26 Å². The fourth-order valence-electron chi connectivity index (χ4n) is 1.64. The van der Waals surface area contributed by atoms with Crippen LogP contribution in [0.15, 0.2) is 18.2 Å². The Kier molecular flexibility index (Phi) is 4.80. The lowest BCUT2D eigenvalue weighted by Crippen LogP contribution is -2.47. The molecule has 7 heteroatoms. The minimum Gasteiger partial charge on any atom is -0.381 e. The molecule has 0 amide bonds. The molecular formula is C12H16ClN3O2S. The standard InChI is InChI=1S/C12H16ClN3O2S/c1-12(2,16-19(3,17)18)8-15-11-9(7-14)5-4-6-10(11)13/h4-6,15-16H,8H2,1-3H3. The van der Waals surface area contributed by atoms with Gasteiger partial charge in [0.1, 0.15) is 6.07 Å². The van der Waals surface area contributed by atoms with E-state index in [9.17, 15) is 8.42 Å². The molecule has 0 heterocycles. The van der Waals surface area contributed by atoms with Crippen molar-refractivity contribution in [3.05, 3.63) is 28.8 Å². The molecule has 0 fully saturated rings. The largest absolute Gasteiger partial charge is 0.381 e. The molecule has 0 atom stereocenters. The molecular weight excluding hydrogens is 286 g/mol. The predicted octanol–water partition coefficient (Wildman–Crippen LogP) is 1.95. The highest BCUT2D eigenvalue weighted by molar-refractivity contribution is 7.88. The summed E-state index contributed by atoms with van der Waals surface area (Å²) in [4.78, 5) is 0. The number of rotatable bonds is 5. The third-order valence-corrected chi connectivity index (χ3v) is 3.54. The first kappa shape index (κ1) is 15.8. The van der Waals surface area contributed by atoms with Crippen LogP contribution >= 0.6 is 11.6 Å². The van der Waals surface area contributed by atoms with Crippen molar-refractivity contribution in [2.24, 2.45) is 0 Å². The summed E-state index contributed by atoms with van der Waals surface area (Å²) in [5.41, 5.74) is 0.233. The van der Waals surface area contributed by atoms with Crippen molar-refractivity contribution < 1.29 is 8.42 Å². The van der Waals surface area contributed by atoms with Crippen LogP contribution in [0.5, 0.6) is 0 Å². The summed E-state index contributed by atoms with van der Waals surface area (Å²) in [6, 6.07) is 7.03. The second-order valence-corrected chi connectivity index (χ2v) is 7.04. The second-order valence-electron chi connectivity index (χ2n) is 4.89. The summed E-state index contributed by atoms with van der Waals surface area (Å²) in [7, 11) is -3.30. The van der Waals surface area contributed by atoms with Gasteiger partial charge in [-0.3, -0.25) is 0 Å². The van der Waals surface area contributed by atoms with Crippen LogP contribution in [-0.4, -0.2) is 26.8 Å². The Morgan fingerprint density at radius 3 is 2.58 bits per heavy atom. The van der Waals surface area contributed by atoms with E-state index in [0.29, 0.717) is 22.8 Å². The molecule has 19 heavy (non-hydrogen) atoms. The van der Waals surface area contributed by atoms with Crippen LogP contribution < -0.4 is 10.0 Å². The van der Waals surface area contributed by atoms with Crippen LogP contribution in [0.4, 0.5) is 5.69 Å². The Morgan fingerprint density at radius 1 is 1.42 bits per heavy atom. The number of nitrogens with one attached hydrogen (secondary N) is 2. The van der Waals surface area contributed by atoms with E-state index in [1.807, 2.05) is 6.07 Å². The SMILES string of the molecule is CC(C)(CNc1c(Cl)cccc1C#N)NS(C)(=O)=O. The molecule has 0 saturated heterocycles. The van der Waals surface area contributed by atoms with E-state index in [0.717, 1.165) is 6.26 Å². The topological polar surface area (TPSA) is 82.0 Å². The summed E-state index contributed by atoms with van der Waals surface area (Å²) in [6.45, 7) is 3.78. The first-order valence-corrected chi connectivity index (χ1v) is 7.83. The zero-order valence-electron chi connectivity index (χ0n) is 11.0. The van der Waals surface area contributed by atoms with Crippen molar-refractivity contribution in [2.75, 3.05) is 18.1 Å². The van der Waals surface area contributed by atoms with Crippen molar-refractivity contribution in [2.45, 2.75) is 19.4 Å². The average Bonchev–Trinajstić information content (AvgIpc) is 2.23. The number of hydrogen-bond donors (Lipinski definition) is 2. The van der Waals surface area contributed by atoms with E-state index in [2.05, 4.69) is 10.0 Å². The van der Waals surface area contributed by atoms with E-state index in [-0.39, 0.29) is 0 Å². The molecule has 0 bridgehead atoms. The molecule has 0 saturated carbocycles. The molecule has 0 aromatic heterocycles. The average molecular weight is 302 g/mol. The third-order valence-electron chi connectivity index (χ3n) is 2.30. The minimum absolute atomic E-state index is 0.304. The molecule has 0 spiro atoms. The molecule has 104 valence electrons. The number of sulfonamides is 1. The van der Waals surface area contributed by atoms with Crippen LogP contribution in [-0.2, 0) is 10.0 Å². The maximum atomic E-state index is 11.2. The van der Waals surface area contributed by atoms with Gasteiger partial charge in [0, 0.05) is 12.1 Å². The van der Waals surface area contributed by atoms with Gasteiger partial charge in [0.05, 0.1) is 22.5 Å². The van der Waals surface area contributed by atoms with E-state index < -0.39 is 15.6 Å². The van der Waals surface area contributed by atoms with Gasteiger partial charge in [0.2, 0.25) is 10.0 Å². The zero-order valence-corrected chi connectivity index (χ0v) is 12.6. The Balaban J connectivity index is 2.86. The van der Waals surface area contributed by atoms with Gasteiger partial charge < -0.3 is 5.32 Å². The van der Waals surface area contributed by atoms with Crippen LogP contribution in [0.25, 0.3) is 0 Å².